The monoisotopic (exact) mass is 365 g/mol. The number of amides is 1. The summed E-state index contributed by atoms with van der Waals surface area (Å²) in [6.07, 6.45) is 2.79. The number of rotatable bonds is 4. The van der Waals surface area contributed by atoms with E-state index in [4.69, 9.17) is 25.0 Å². The molecule has 0 radical (unpaired) electrons. The van der Waals surface area contributed by atoms with E-state index in [1.54, 1.807) is 6.92 Å². The number of aliphatic hydroxyl groups is 1. The number of aromatic nitrogens is 2. The second-order valence-electron chi connectivity index (χ2n) is 6.33. The van der Waals surface area contributed by atoms with Gasteiger partial charge in [0.05, 0.1) is 18.3 Å². The van der Waals surface area contributed by atoms with Crippen molar-refractivity contribution in [2.45, 2.75) is 38.8 Å². The molecule has 1 saturated heterocycles. The van der Waals surface area contributed by atoms with Crippen LogP contribution in [0.5, 0.6) is 0 Å². The third kappa shape index (κ3) is 4.47. The molecule has 9 heteroatoms. The van der Waals surface area contributed by atoms with Crippen LogP contribution < -0.4 is 5.32 Å². The third-order valence-corrected chi connectivity index (χ3v) is 4.76. The molecule has 2 aliphatic heterocycles. The minimum atomic E-state index is -0.250. The van der Waals surface area contributed by atoms with Gasteiger partial charge in [-0.25, -0.2) is 9.97 Å². The SMILES string of the molecule is CNc1nc(C2CCCN2C(C)=O)nc2c1CN(CCO)CC2.O=CO. The van der Waals surface area contributed by atoms with Crippen LogP contribution in [-0.4, -0.2) is 75.6 Å². The van der Waals surface area contributed by atoms with Gasteiger partial charge in [-0.3, -0.25) is 14.5 Å². The van der Waals surface area contributed by atoms with E-state index >= 15 is 0 Å². The van der Waals surface area contributed by atoms with Crippen LogP contribution >= 0.6 is 0 Å². The van der Waals surface area contributed by atoms with Gasteiger partial charge in [0.15, 0.2) is 5.82 Å². The van der Waals surface area contributed by atoms with Crippen LogP contribution in [0.15, 0.2) is 0 Å². The van der Waals surface area contributed by atoms with Gasteiger partial charge in [0.1, 0.15) is 5.82 Å². The molecule has 3 heterocycles. The van der Waals surface area contributed by atoms with Crippen molar-refractivity contribution >= 4 is 18.2 Å². The van der Waals surface area contributed by atoms with Gasteiger partial charge < -0.3 is 20.4 Å². The average molecular weight is 365 g/mol. The fraction of sp³-hybridized carbons (Fsp3) is 0.647. The number of hydrogen-bond donors (Lipinski definition) is 3. The summed E-state index contributed by atoms with van der Waals surface area (Å²) in [6.45, 7) is 4.65. The number of nitrogens with zero attached hydrogens (tertiary/aromatic N) is 4. The van der Waals surface area contributed by atoms with Crippen molar-refractivity contribution < 1.29 is 19.8 Å². The van der Waals surface area contributed by atoms with E-state index in [0.29, 0.717) is 6.54 Å². The second kappa shape index (κ2) is 9.44. The lowest BCUT2D eigenvalue weighted by atomic mass is 10.0. The van der Waals surface area contributed by atoms with Crippen molar-refractivity contribution in [3.63, 3.8) is 0 Å². The van der Waals surface area contributed by atoms with E-state index < -0.39 is 0 Å². The third-order valence-electron chi connectivity index (χ3n) is 4.76. The number of β-amino-alcohol motifs (C(OH)–C–C–N with tert-alkyl or cyclic N) is 1. The van der Waals surface area contributed by atoms with E-state index in [1.165, 1.54) is 0 Å². The van der Waals surface area contributed by atoms with Crippen molar-refractivity contribution in [3.05, 3.63) is 17.1 Å². The van der Waals surface area contributed by atoms with Crippen LogP contribution in [0.25, 0.3) is 0 Å². The number of hydrogen-bond acceptors (Lipinski definition) is 7. The molecule has 1 fully saturated rings. The Morgan fingerprint density at radius 3 is 2.73 bits per heavy atom. The van der Waals surface area contributed by atoms with Crippen LogP contribution in [0, 0.1) is 0 Å². The largest absolute Gasteiger partial charge is 0.483 e. The molecule has 144 valence electrons. The lowest BCUT2D eigenvalue weighted by molar-refractivity contribution is -0.130. The molecule has 0 bridgehead atoms. The summed E-state index contributed by atoms with van der Waals surface area (Å²) in [7, 11) is 1.87. The van der Waals surface area contributed by atoms with Crippen molar-refractivity contribution in [2.24, 2.45) is 0 Å². The summed E-state index contributed by atoms with van der Waals surface area (Å²) < 4.78 is 0. The summed E-state index contributed by atoms with van der Waals surface area (Å²) in [5, 5.41) is 19.2. The summed E-state index contributed by atoms with van der Waals surface area (Å²) in [6, 6.07) is 0.000344. The Labute approximate surface area is 153 Å². The van der Waals surface area contributed by atoms with E-state index in [1.807, 2.05) is 11.9 Å². The summed E-state index contributed by atoms with van der Waals surface area (Å²) >= 11 is 0. The maximum atomic E-state index is 11.8. The molecule has 2 aliphatic rings. The Morgan fingerprint density at radius 2 is 2.12 bits per heavy atom. The lowest BCUT2D eigenvalue weighted by Gasteiger charge is -2.30. The van der Waals surface area contributed by atoms with Crippen LogP contribution in [0.4, 0.5) is 5.82 Å². The molecular formula is C17H27N5O4. The predicted octanol–water partition coefficient (Wildman–Crippen LogP) is 0.253. The first-order valence-corrected chi connectivity index (χ1v) is 8.81. The molecule has 1 aromatic heterocycles. The molecule has 3 rings (SSSR count). The van der Waals surface area contributed by atoms with Crippen molar-refractivity contribution in [1.29, 1.82) is 0 Å². The number of carboxylic acid groups (broad SMARTS) is 1. The maximum absolute atomic E-state index is 11.8. The molecule has 3 N–H and O–H groups in total. The minimum absolute atomic E-state index is 0.000344. The number of carbonyl (C=O) groups excluding carboxylic acids is 1. The molecule has 9 nitrogen and oxygen atoms in total. The molecule has 1 aromatic rings. The van der Waals surface area contributed by atoms with Gasteiger partial charge in [-0.15, -0.1) is 0 Å². The molecule has 1 amide bonds. The number of anilines is 1. The van der Waals surface area contributed by atoms with Crippen molar-refractivity contribution in [2.75, 3.05) is 38.6 Å². The number of carbonyl (C=O) groups is 2. The first-order valence-electron chi connectivity index (χ1n) is 8.81. The highest BCUT2D eigenvalue weighted by molar-refractivity contribution is 5.74. The van der Waals surface area contributed by atoms with Crippen LogP contribution in [0.3, 0.4) is 0 Å². The molecule has 0 aliphatic carbocycles. The Morgan fingerprint density at radius 1 is 1.38 bits per heavy atom. The van der Waals surface area contributed by atoms with E-state index in [2.05, 4.69) is 10.2 Å². The van der Waals surface area contributed by atoms with E-state index in [9.17, 15) is 4.79 Å². The second-order valence-corrected chi connectivity index (χ2v) is 6.33. The smallest absolute Gasteiger partial charge is 0.290 e. The lowest BCUT2D eigenvalue weighted by Crippen LogP contribution is -2.35. The van der Waals surface area contributed by atoms with Crippen molar-refractivity contribution in [3.8, 4) is 0 Å². The molecule has 0 aromatic carbocycles. The highest BCUT2D eigenvalue weighted by atomic mass is 16.3. The fourth-order valence-electron chi connectivity index (χ4n) is 3.59. The normalized spacial score (nSPS) is 19.3. The number of likely N-dealkylation sites (tertiary alicyclic amines) is 1. The fourth-order valence-corrected chi connectivity index (χ4v) is 3.59. The number of aliphatic hydroxyl groups excluding tert-OH is 1. The van der Waals surface area contributed by atoms with Gasteiger partial charge in [-0.05, 0) is 12.8 Å². The zero-order valence-electron chi connectivity index (χ0n) is 15.3. The average Bonchev–Trinajstić information content (AvgIpc) is 3.12. The Hall–Kier alpha value is -2.26. The highest BCUT2D eigenvalue weighted by Crippen LogP contribution is 2.32. The van der Waals surface area contributed by atoms with Crippen LogP contribution in [0.2, 0.25) is 0 Å². The quantitative estimate of drug-likeness (QED) is 0.650. The number of nitrogens with one attached hydrogen (secondary N) is 1. The van der Waals surface area contributed by atoms with Gasteiger partial charge in [0, 0.05) is 52.1 Å². The van der Waals surface area contributed by atoms with E-state index in [0.717, 1.165) is 61.8 Å². The van der Waals surface area contributed by atoms with Crippen molar-refractivity contribution in [1.82, 2.24) is 19.8 Å². The molecular weight excluding hydrogens is 338 g/mol. The summed E-state index contributed by atoms with van der Waals surface area (Å²) in [5.74, 6) is 1.70. The Bertz CT molecular complexity index is 623. The summed E-state index contributed by atoms with van der Waals surface area (Å²) in [5.41, 5.74) is 2.19. The molecule has 1 unspecified atom stereocenters. The van der Waals surface area contributed by atoms with Gasteiger partial charge in [0.25, 0.3) is 6.47 Å². The standard InChI is InChI=1S/C16H25N5O2.CH2O2/c1-11(23)21-6-3-4-14(21)16-18-13-5-7-20(8-9-22)10-12(13)15(17-2)19-16;2-1-3/h14,22H,3-10H2,1-2H3,(H,17,18,19);1H,(H,2,3). The number of fused-ring (bicyclic) bond motifs is 1. The zero-order valence-corrected chi connectivity index (χ0v) is 15.3. The first kappa shape index (κ1) is 20.1. The predicted molar refractivity (Wildman–Crippen MR) is 95.7 cm³/mol. The first-order chi connectivity index (χ1) is 12.5. The van der Waals surface area contributed by atoms with Gasteiger partial charge in [-0.1, -0.05) is 0 Å². The molecule has 26 heavy (non-hydrogen) atoms. The summed E-state index contributed by atoms with van der Waals surface area (Å²) in [4.78, 5) is 33.8. The van der Waals surface area contributed by atoms with Gasteiger partial charge >= 0.3 is 0 Å². The topological polar surface area (TPSA) is 119 Å². The van der Waals surface area contributed by atoms with Crippen LogP contribution in [-0.2, 0) is 22.6 Å². The maximum Gasteiger partial charge on any atom is 0.290 e. The highest BCUT2D eigenvalue weighted by Gasteiger charge is 2.32. The molecule has 0 spiro atoms. The Kier molecular flexibility index (Phi) is 7.28. The van der Waals surface area contributed by atoms with Gasteiger partial charge in [0.2, 0.25) is 5.91 Å². The molecule has 1 atom stereocenters. The Balaban J connectivity index is 0.000000758. The zero-order chi connectivity index (χ0) is 19.1. The minimum Gasteiger partial charge on any atom is -0.483 e. The van der Waals surface area contributed by atoms with Gasteiger partial charge in [-0.2, -0.15) is 0 Å². The van der Waals surface area contributed by atoms with E-state index in [-0.39, 0.29) is 25.0 Å². The van der Waals surface area contributed by atoms with Crippen LogP contribution in [0.1, 0.15) is 42.9 Å². The molecule has 0 saturated carbocycles.